The Hall–Kier alpha value is -3.22. The lowest BCUT2D eigenvalue weighted by Crippen LogP contribution is -2.11. The zero-order chi connectivity index (χ0) is 21.7. The van der Waals surface area contributed by atoms with Crippen LogP contribution < -0.4 is 0 Å². The van der Waals surface area contributed by atoms with Crippen molar-refractivity contribution in [3.63, 3.8) is 0 Å². The van der Waals surface area contributed by atoms with Crippen LogP contribution >= 0.6 is 0 Å². The van der Waals surface area contributed by atoms with Crippen LogP contribution in [0.3, 0.4) is 0 Å². The van der Waals surface area contributed by atoms with Crippen LogP contribution in [0.15, 0.2) is 89.3 Å². The summed E-state index contributed by atoms with van der Waals surface area (Å²) in [7, 11) is -3.65. The largest absolute Gasteiger partial charge is 0.441 e. The summed E-state index contributed by atoms with van der Waals surface area (Å²) in [5.74, 6) is 1.02. The second-order valence-corrected chi connectivity index (χ2v) is 8.86. The summed E-state index contributed by atoms with van der Waals surface area (Å²) in [5, 5.41) is 0. The lowest BCUT2D eigenvalue weighted by Gasteiger charge is -2.05. The van der Waals surface area contributed by atoms with Gasteiger partial charge in [0, 0.05) is 12.0 Å². The second-order valence-electron chi connectivity index (χ2n) is 7.22. The number of hydrogen-bond donors (Lipinski definition) is 0. The quantitative estimate of drug-likeness (QED) is 0.348. The van der Waals surface area contributed by atoms with Crippen molar-refractivity contribution in [2.45, 2.75) is 19.1 Å². The van der Waals surface area contributed by atoms with Gasteiger partial charge in [-0.1, -0.05) is 72.8 Å². The molecule has 0 aliphatic carbocycles. The molecule has 0 aliphatic heterocycles. The van der Waals surface area contributed by atoms with Crippen LogP contribution in [0, 0.1) is 6.92 Å². The number of aryl methyl sites for hydroxylation is 1. The van der Waals surface area contributed by atoms with E-state index in [4.69, 9.17) is 8.60 Å². The van der Waals surface area contributed by atoms with Crippen molar-refractivity contribution in [1.82, 2.24) is 4.98 Å². The van der Waals surface area contributed by atoms with E-state index in [-0.39, 0.29) is 12.4 Å². The highest BCUT2D eigenvalue weighted by Gasteiger charge is 2.15. The minimum Gasteiger partial charge on any atom is -0.441 e. The third-order valence-corrected chi connectivity index (χ3v) is 6.13. The van der Waals surface area contributed by atoms with Gasteiger partial charge in [-0.25, -0.2) is 4.98 Å². The molecule has 3 aromatic carbocycles. The van der Waals surface area contributed by atoms with E-state index in [9.17, 15) is 8.42 Å². The van der Waals surface area contributed by atoms with Gasteiger partial charge in [-0.05, 0) is 35.7 Å². The highest BCUT2D eigenvalue weighted by Crippen LogP contribution is 2.26. The van der Waals surface area contributed by atoms with E-state index in [2.05, 4.69) is 17.1 Å². The van der Waals surface area contributed by atoms with E-state index in [1.807, 2.05) is 55.5 Å². The maximum atomic E-state index is 12.2. The minimum atomic E-state index is -3.65. The molecule has 0 bridgehead atoms. The molecular weight excluding hydrogens is 410 g/mol. The molecular formula is C25H23NO4S. The van der Waals surface area contributed by atoms with Crippen molar-refractivity contribution in [2.24, 2.45) is 0 Å². The zero-order valence-electron chi connectivity index (χ0n) is 17.2. The molecule has 0 saturated heterocycles. The highest BCUT2D eigenvalue weighted by atomic mass is 32.2. The maximum absolute atomic E-state index is 12.2. The first-order chi connectivity index (χ1) is 15.0. The normalized spacial score (nSPS) is 11.5. The summed E-state index contributed by atoms with van der Waals surface area (Å²) >= 11 is 0. The first-order valence-electron chi connectivity index (χ1n) is 10.0. The summed E-state index contributed by atoms with van der Waals surface area (Å²) in [6.45, 7) is 1.84. The van der Waals surface area contributed by atoms with E-state index >= 15 is 0 Å². The molecule has 0 saturated carbocycles. The molecule has 158 valence electrons. The Morgan fingerprint density at radius 1 is 0.806 bits per heavy atom. The Labute approximate surface area is 182 Å². The van der Waals surface area contributed by atoms with Gasteiger partial charge < -0.3 is 4.42 Å². The molecule has 0 N–H and O–H groups in total. The Morgan fingerprint density at radius 3 is 2.06 bits per heavy atom. The van der Waals surface area contributed by atoms with Crippen LogP contribution in [0.25, 0.3) is 22.6 Å². The van der Waals surface area contributed by atoms with E-state index in [1.54, 1.807) is 24.3 Å². The number of rotatable bonds is 8. The molecule has 0 fully saturated rings. The Bertz CT molecular complexity index is 1230. The van der Waals surface area contributed by atoms with Crippen molar-refractivity contribution < 1.29 is 17.0 Å². The lowest BCUT2D eigenvalue weighted by atomic mass is 10.0. The predicted octanol–water partition coefficient (Wildman–Crippen LogP) is 5.41. The van der Waals surface area contributed by atoms with Gasteiger partial charge in [0.15, 0.2) is 0 Å². The van der Waals surface area contributed by atoms with E-state index in [0.717, 1.165) is 16.7 Å². The van der Waals surface area contributed by atoms with E-state index in [1.165, 1.54) is 0 Å². The lowest BCUT2D eigenvalue weighted by molar-refractivity contribution is 0.319. The van der Waals surface area contributed by atoms with Gasteiger partial charge in [0.2, 0.25) is 5.89 Å². The van der Waals surface area contributed by atoms with Crippen molar-refractivity contribution >= 4 is 10.1 Å². The standard InChI is InChI=1S/C25H23NO4S/c1-19-24(16-17-29-31(27,28)18-20-8-4-2-5-9-20)26-25(30-19)23-14-12-22(13-15-23)21-10-6-3-7-11-21/h2-15H,16-18H2,1H3. The molecule has 0 aliphatic rings. The number of oxazole rings is 1. The van der Waals surface area contributed by atoms with Gasteiger partial charge in [-0.15, -0.1) is 0 Å². The van der Waals surface area contributed by atoms with Crippen molar-refractivity contribution in [3.8, 4) is 22.6 Å². The van der Waals surface area contributed by atoms with Crippen LogP contribution in [-0.2, 0) is 26.5 Å². The fraction of sp³-hybridized carbons (Fsp3) is 0.160. The molecule has 0 atom stereocenters. The maximum Gasteiger partial charge on any atom is 0.271 e. The average molecular weight is 434 g/mol. The summed E-state index contributed by atoms with van der Waals surface area (Å²) in [5.41, 5.74) is 4.52. The van der Waals surface area contributed by atoms with Crippen LogP contribution in [0.4, 0.5) is 0 Å². The molecule has 0 spiro atoms. The third kappa shape index (κ3) is 5.48. The molecule has 31 heavy (non-hydrogen) atoms. The molecule has 5 nitrogen and oxygen atoms in total. The fourth-order valence-corrected chi connectivity index (χ4v) is 4.33. The van der Waals surface area contributed by atoms with Crippen LogP contribution in [0.1, 0.15) is 17.0 Å². The second kappa shape index (κ2) is 9.29. The summed E-state index contributed by atoms with van der Waals surface area (Å²) in [6, 6.07) is 27.1. The summed E-state index contributed by atoms with van der Waals surface area (Å²) in [4.78, 5) is 4.54. The van der Waals surface area contributed by atoms with Gasteiger partial charge in [0.05, 0.1) is 12.3 Å². The number of benzene rings is 3. The first kappa shape index (κ1) is 21.0. The summed E-state index contributed by atoms with van der Waals surface area (Å²) in [6.07, 6.45) is 0.353. The Kier molecular flexibility index (Phi) is 6.30. The number of aromatic nitrogens is 1. The number of hydrogen-bond acceptors (Lipinski definition) is 5. The van der Waals surface area contributed by atoms with Crippen molar-refractivity contribution in [2.75, 3.05) is 6.61 Å². The Balaban J connectivity index is 1.39. The van der Waals surface area contributed by atoms with Gasteiger partial charge in [0.25, 0.3) is 10.1 Å². The molecule has 1 heterocycles. The molecule has 0 amide bonds. The zero-order valence-corrected chi connectivity index (χ0v) is 18.0. The minimum absolute atomic E-state index is 0.0227. The van der Waals surface area contributed by atoms with Gasteiger partial charge in [-0.3, -0.25) is 4.18 Å². The van der Waals surface area contributed by atoms with Crippen LogP contribution in [-0.4, -0.2) is 20.0 Å². The smallest absolute Gasteiger partial charge is 0.271 e. The first-order valence-corrected chi connectivity index (χ1v) is 11.6. The number of nitrogens with zero attached hydrogens (tertiary/aromatic N) is 1. The van der Waals surface area contributed by atoms with Gasteiger partial charge in [0.1, 0.15) is 11.5 Å². The van der Waals surface area contributed by atoms with E-state index < -0.39 is 10.1 Å². The topological polar surface area (TPSA) is 69.4 Å². The highest BCUT2D eigenvalue weighted by molar-refractivity contribution is 7.85. The Morgan fingerprint density at radius 2 is 1.39 bits per heavy atom. The molecule has 6 heteroatoms. The van der Waals surface area contributed by atoms with Gasteiger partial charge in [-0.2, -0.15) is 8.42 Å². The van der Waals surface area contributed by atoms with E-state index in [0.29, 0.717) is 29.3 Å². The van der Waals surface area contributed by atoms with Crippen molar-refractivity contribution in [3.05, 3.63) is 102 Å². The molecule has 1 aromatic heterocycles. The SMILES string of the molecule is Cc1oc(-c2ccc(-c3ccccc3)cc2)nc1CCOS(=O)(=O)Cc1ccccc1. The molecule has 0 unspecified atom stereocenters. The average Bonchev–Trinajstić information content (AvgIpc) is 3.15. The van der Waals surface area contributed by atoms with Crippen molar-refractivity contribution in [1.29, 1.82) is 0 Å². The fourth-order valence-electron chi connectivity index (χ4n) is 3.30. The molecule has 4 aromatic rings. The summed E-state index contributed by atoms with van der Waals surface area (Å²) < 4.78 is 35.3. The van der Waals surface area contributed by atoms with Gasteiger partial charge >= 0.3 is 0 Å². The molecule has 0 radical (unpaired) electrons. The van der Waals surface area contributed by atoms with Crippen LogP contribution in [0.5, 0.6) is 0 Å². The monoisotopic (exact) mass is 433 g/mol. The molecule has 4 rings (SSSR count). The third-order valence-electron chi connectivity index (χ3n) is 4.92. The predicted molar refractivity (Wildman–Crippen MR) is 121 cm³/mol. The van der Waals surface area contributed by atoms with Crippen LogP contribution in [0.2, 0.25) is 0 Å².